The van der Waals surface area contributed by atoms with Gasteiger partial charge in [0.15, 0.2) is 0 Å². The molecule has 2 atom stereocenters. The molecule has 1 saturated heterocycles. The monoisotopic (exact) mass is 331 g/mol. The van der Waals surface area contributed by atoms with Gasteiger partial charge in [-0.2, -0.15) is 0 Å². The van der Waals surface area contributed by atoms with E-state index in [1.165, 1.54) is 11.0 Å². The van der Waals surface area contributed by atoms with Crippen molar-refractivity contribution in [1.82, 2.24) is 25.1 Å². The second kappa shape index (κ2) is 6.56. The summed E-state index contributed by atoms with van der Waals surface area (Å²) in [4.78, 5) is 14.3. The minimum atomic E-state index is -1.14. The molecule has 8 nitrogen and oxygen atoms in total. The molecule has 3 rings (SSSR count). The molecule has 0 bridgehead atoms. The maximum Gasteiger partial charge on any atom is 0.244 e. The number of aromatic nitrogens is 4. The number of carbonyl (C=O) groups excluding carboxylic acids is 1. The minimum absolute atomic E-state index is 0.0716. The third-order valence-electron chi connectivity index (χ3n) is 4.59. The van der Waals surface area contributed by atoms with Gasteiger partial charge in [-0.1, -0.05) is 12.1 Å². The van der Waals surface area contributed by atoms with Crippen molar-refractivity contribution in [3.63, 3.8) is 0 Å². The molecule has 2 unspecified atom stereocenters. The van der Waals surface area contributed by atoms with Crippen molar-refractivity contribution in [2.45, 2.75) is 38.0 Å². The SMILES string of the molecule is COc1ccc(C(C)(O)C2CCCN2C(=O)Cn2cnnn2)cc1. The number of tetrazole rings is 1. The summed E-state index contributed by atoms with van der Waals surface area (Å²) in [5.41, 5.74) is -0.380. The number of amides is 1. The van der Waals surface area contributed by atoms with Gasteiger partial charge in [-0.3, -0.25) is 4.79 Å². The standard InChI is InChI=1S/C16H21N5O3/c1-16(23,12-5-7-13(24-2)8-6-12)14-4-3-9-21(14)15(22)10-20-11-17-18-19-20/h5-8,11,14,23H,3-4,9-10H2,1-2H3. The first-order chi connectivity index (χ1) is 11.5. The number of ether oxygens (including phenoxy) is 1. The van der Waals surface area contributed by atoms with E-state index in [1.54, 1.807) is 18.9 Å². The minimum Gasteiger partial charge on any atom is -0.497 e. The summed E-state index contributed by atoms with van der Waals surface area (Å²) in [7, 11) is 1.60. The first-order valence-corrected chi connectivity index (χ1v) is 7.89. The van der Waals surface area contributed by atoms with E-state index >= 15 is 0 Å². The van der Waals surface area contributed by atoms with Gasteiger partial charge in [0.05, 0.1) is 13.2 Å². The topological polar surface area (TPSA) is 93.4 Å². The number of hydrogen-bond acceptors (Lipinski definition) is 6. The van der Waals surface area contributed by atoms with Crippen molar-refractivity contribution in [3.05, 3.63) is 36.2 Å². The van der Waals surface area contributed by atoms with Crippen LogP contribution in [0.2, 0.25) is 0 Å². The molecule has 24 heavy (non-hydrogen) atoms. The van der Waals surface area contributed by atoms with Crippen LogP contribution in [0.3, 0.4) is 0 Å². The largest absolute Gasteiger partial charge is 0.497 e. The highest BCUT2D eigenvalue weighted by Crippen LogP contribution is 2.35. The Bertz CT molecular complexity index is 684. The molecule has 128 valence electrons. The number of carbonyl (C=O) groups is 1. The Morgan fingerprint density at radius 1 is 1.42 bits per heavy atom. The molecule has 1 fully saturated rings. The van der Waals surface area contributed by atoms with Gasteiger partial charge >= 0.3 is 0 Å². The summed E-state index contributed by atoms with van der Waals surface area (Å²) in [5.74, 6) is 0.631. The van der Waals surface area contributed by atoms with Crippen molar-refractivity contribution >= 4 is 5.91 Å². The summed E-state index contributed by atoms with van der Waals surface area (Å²) < 4.78 is 6.55. The van der Waals surface area contributed by atoms with Crippen molar-refractivity contribution in [1.29, 1.82) is 0 Å². The van der Waals surface area contributed by atoms with Crippen molar-refractivity contribution in [2.24, 2.45) is 0 Å². The smallest absolute Gasteiger partial charge is 0.244 e. The maximum atomic E-state index is 12.6. The third-order valence-corrected chi connectivity index (χ3v) is 4.59. The van der Waals surface area contributed by atoms with Crippen LogP contribution in [-0.2, 0) is 16.9 Å². The van der Waals surface area contributed by atoms with Crippen LogP contribution in [0.25, 0.3) is 0 Å². The van der Waals surface area contributed by atoms with Crippen LogP contribution in [0.5, 0.6) is 5.75 Å². The zero-order valence-electron chi connectivity index (χ0n) is 13.8. The zero-order valence-corrected chi connectivity index (χ0v) is 13.8. The lowest BCUT2D eigenvalue weighted by atomic mass is 9.86. The van der Waals surface area contributed by atoms with E-state index in [4.69, 9.17) is 4.74 Å². The lowest BCUT2D eigenvalue weighted by Crippen LogP contribution is -2.49. The average molecular weight is 331 g/mol. The number of rotatable bonds is 5. The van der Waals surface area contributed by atoms with Gasteiger partial charge in [0.2, 0.25) is 5.91 Å². The molecule has 0 saturated carbocycles. The lowest BCUT2D eigenvalue weighted by molar-refractivity contribution is -0.138. The van der Waals surface area contributed by atoms with Crippen LogP contribution in [0.1, 0.15) is 25.3 Å². The van der Waals surface area contributed by atoms with Crippen LogP contribution in [-0.4, -0.2) is 55.8 Å². The van der Waals surface area contributed by atoms with Crippen molar-refractivity contribution in [2.75, 3.05) is 13.7 Å². The molecule has 0 aliphatic carbocycles. The summed E-state index contributed by atoms with van der Waals surface area (Å²) in [5, 5.41) is 21.9. The van der Waals surface area contributed by atoms with Crippen LogP contribution < -0.4 is 4.74 Å². The molecule has 2 heterocycles. The van der Waals surface area contributed by atoms with E-state index in [-0.39, 0.29) is 18.5 Å². The number of likely N-dealkylation sites (tertiary alicyclic amines) is 1. The Kier molecular flexibility index (Phi) is 4.48. The highest BCUT2D eigenvalue weighted by molar-refractivity contribution is 5.76. The number of aliphatic hydroxyl groups is 1. The molecule has 1 aliphatic heterocycles. The number of nitrogens with zero attached hydrogens (tertiary/aromatic N) is 5. The quantitative estimate of drug-likeness (QED) is 0.861. The fourth-order valence-electron chi connectivity index (χ4n) is 3.25. The summed E-state index contributed by atoms with van der Waals surface area (Å²) in [6, 6.07) is 7.01. The number of hydrogen-bond donors (Lipinski definition) is 1. The molecule has 1 amide bonds. The zero-order chi connectivity index (χ0) is 17.2. The summed E-state index contributed by atoms with van der Waals surface area (Å²) >= 11 is 0. The third kappa shape index (κ3) is 3.09. The van der Waals surface area contributed by atoms with Crippen molar-refractivity contribution in [3.8, 4) is 5.75 Å². The van der Waals surface area contributed by atoms with Gasteiger partial charge in [-0.25, -0.2) is 4.68 Å². The predicted molar refractivity (Wildman–Crippen MR) is 85.1 cm³/mol. The van der Waals surface area contributed by atoms with E-state index in [2.05, 4.69) is 15.5 Å². The Labute approximate surface area is 140 Å². The highest BCUT2D eigenvalue weighted by atomic mass is 16.5. The highest BCUT2D eigenvalue weighted by Gasteiger charge is 2.42. The van der Waals surface area contributed by atoms with E-state index in [9.17, 15) is 9.90 Å². The van der Waals surface area contributed by atoms with E-state index < -0.39 is 5.60 Å². The molecule has 0 radical (unpaired) electrons. The average Bonchev–Trinajstić information content (AvgIpc) is 3.26. The second-order valence-corrected chi connectivity index (χ2v) is 6.13. The van der Waals surface area contributed by atoms with Crippen molar-refractivity contribution < 1.29 is 14.6 Å². The van der Waals surface area contributed by atoms with Gasteiger partial charge < -0.3 is 14.7 Å². The van der Waals surface area contributed by atoms with Gasteiger partial charge in [0.25, 0.3) is 0 Å². The lowest BCUT2D eigenvalue weighted by Gasteiger charge is -2.37. The predicted octanol–water partition coefficient (Wildman–Crippen LogP) is 0.580. The van der Waals surface area contributed by atoms with Gasteiger partial charge in [0.1, 0.15) is 24.2 Å². The van der Waals surface area contributed by atoms with Crippen LogP contribution in [0, 0.1) is 0 Å². The fraction of sp³-hybridized carbons (Fsp3) is 0.500. The first-order valence-electron chi connectivity index (χ1n) is 7.89. The Morgan fingerprint density at radius 2 is 2.17 bits per heavy atom. The molecule has 2 aromatic rings. The molecule has 0 spiro atoms. The maximum absolute atomic E-state index is 12.6. The normalized spacial score (nSPS) is 20.0. The summed E-state index contributed by atoms with van der Waals surface area (Å²) in [6.45, 7) is 2.45. The van der Waals surface area contributed by atoms with E-state index in [0.29, 0.717) is 6.54 Å². The number of benzene rings is 1. The van der Waals surface area contributed by atoms with Crippen LogP contribution in [0.4, 0.5) is 0 Å². The molecule has 1 aromatic carbocycles. The summed E-state index contributed by atoms with van der Waals surface area (Å²) in [6.07, 6.45) is 3.02. The van der Waals surface area contributed by atoms with Gasteiger partial charge in [0, 0.05) is 6.54 Å². The molecule has 1 aliphatic rings. The second-order valence-electron chi connectivity index (χ2n) is 6.13. The Balaban J connectivity index is 1.78. The first kappa shape index (κ1) is 16.4. The number of methoxy groups -OCH3 is 1. The Morgan fingerprint density at radius 3 is 2.79 bits per heavy atom. The molecule has 1 aromatic heterocycles. The Hall–Kier alpha value is -2.48. The van der Waals surface area contributed by atoms with Crippen LogP contribution >= 0.6 is 0 Å². The van der Waals surface area contributed by atoms with E-state index in [1.807, 2.05) is 24.3 Å². The molecule has 8 heteroatoms. The van der Waals surface area contributed by atoms with Crippen LogP contribution in [0.15, 0.2) is 30.6 Å². The van der Waals surface area contributed by atoms with Gasteiger partial charge in [-0.15, -0.1) is 5.10 Å². The van der Waals surface area contributed by atoms with Gasteiger partial charge in [-0.05, 0) is 47.9 Å². The molecular formula is C16H21N5O3. The molecule has 1 N–H and O–H groups in total. The van der Waals surface area contributed by atoms with E-state index in [0.717, 1.165) is 24.2 Å². The fourth-order valence-corrected chi connectivity index (χ4v) is 3.25. The molecular weight excluding hydrogens is 310 g/mol.